The van der Waals surface area contributed by atoms with Crippen LogP contribution in [0.15, 0.2) is 24.3 Å². The Morgan fingerprint density at radius 2 is 0.722 bits per heavy atom. The lowest BCUT2D eigenvalue weighted by Crippen LogP contribution is -2.67. The van der Waals surface area contributed by atoms with Gasteiger partial charge in [0.15, 0.2) is 23.3 Å². The van der Waals surface area contributed by atoms with Crippen LogP contribution in [0.3, 0.4) is 0 Å². The van der Waals surface area contributed by atoms with Crippen LogP contribution in [0.2, 0.25) is 0 Å². The van der Waals surface area contributed by atoms with Gasteiger partial charge in [-0.2, -0.15) is 0 Å². The quantitative estimate of drug-likeness (QED) is 0.0425. The van der Waals surface area contributed by atoms with Gasteiger partial charge in [0.1, 0.15) is 5.60 Å². The normalized spacial score (nSPS) is 14.0. The second kappa shape index (κ2) is 37.3. The predicted molar refractivity (Wildman–Crippen MR) is 233 cm³/mol. The molecular weight excluding hydrogens is 669 g/mol. The summed E-state index contributed by atoms with van der Waals surface area (Å²) < 4.78 is 0. The maximum absolute atomic E-state index is 13.9. The van der Waals surface area contributed by atoms with Crippen LogP contribution in [0, 0.1) is 0 Å². The Labute approximate surface area is 336 Å². The summed E-state index contributed by atoms with van der Waals surface area (Å²) >= 11 is 0. The van der Waals surface area contributed by atoms with Crippen molar-refractivity contribution in [1.29, 1.82) is 0 Å². The van der Waals surface area contributed by atoms with Crippen molar-refractivity contribution in [3.8, 4) is 0 Å². The van der Waals surface area contributed by atoms with E-state index >= 15 is 0 Å². The average molecular weight is 761 g/mol. The molecule has 0 aliphatic rings. The molecule has 2 unspecified atom stereocenters. The summed E-state index contributed by atoms with van der Waals surface area (Å²) in [6.45, 7) is 8.66. The van der Waals surface area contributed by atoms with E-state index in [0.717, 1.165) is 89.9 Å². The van der Waals surface area contributed by atoms with Gasteiger partial charge in [0.2, 0.25) is 0 Å². The molecule has 3 N–H and O–H groups in total. The third-order valence-corrected chi connectivity index (χ3v) is 11.6. The van der Waals surface area contributed by atoms with E-state index in [1.165, 1.54) is 89.9 Å². The number of rotatable bonds is 42. The molecule has 318 valence electrons. The van der Waals surface area contributed by atoms with Crippen LogP contribution in [0.25, 0.3) is 0 Å². The second-order valence-corrected chi connectivity index (χ2v) is 16.7. The largest absolute Gasteiger partial charge is 0.386 e. The van der Waals surface area contributed by atoms with Crippen molar-refractivity contribution in [2.24, 2.45) is 0 Å². The number of allylic oxidation sites excluding steroid dienone is 4. The number of carbonyl (C=O) groups excluding carboxylic acids is 2. The Kier molecular flexibility index (Phi) is 36.4. The number of hydrogen-bond donors (Lipinski definition) is 3. The zero-order valence-corrected chi connectivity index (χ0v) is 36.5. The summed E-state index contributed by atoms with van der Waals surface area (Å²) in [5.41, 5.74) is -4.30. The smallest absolute Gasteiger partial charge is 0.184 e. The molecule has 0 heterocycles. The van der Waals surface area contributed by atoms with E-state index in [1.54, 1.807) is 0 Å². The minimum Gasteiger partial charge on any atom is -0.386 e. The van der Waals surface area contributed by atoms with Gasteiger partial charge in [0, 0.05) is 12.8 Å². The van der Waals surface area contributed by atoms with Crippen molar-refractivity contribution in [3.63, 3.8) is 0 Å². The van der Waals surface area contributed by atoms with Crippen molar-refractivity contribution in [1.82, 2.24) is 0 Å². The summed E-state index contributed by atoms with van der Waals surface area (Å²) in [5.74, 6) is -1.08. The number of hydrogen-bond acceptors (Lipinski definition) is 5. The Morgan fingerprint density at radius 1 is 0.426 bits per heavy atom. The van der Waals surface area contributed by atoms with Crippen LogP contribution in [-0.4, -0.2) is 44.2 Å². The Hall–Kier alpha value is -1.30. The summed E-state index contributed by atoms with van der Waals surface area (Å²) in [6.07, 6.45) is 42.7. The van der Waals surface area contributed by atoms with Gasteiger partial charge in [0.25, 0.3) is 0 Å². The summed E-state index contributed by atoms with van der Waals surface area (Å²) in [4.78, 5) is 27.4. The van der Waals surface area contributed by atoms with Crippen molar-refractivity contribution in [2.75, 3.05) is 0 Å². The first-order valence-corrected chi connectivity index (χ1v) is 23.7. The SMILES string of the molecule is CCCCCCCC/C=C\CCCCCCCC(=O)C(O)C(O)(C(=O)CCCCCCC/C=C\CCCCCCCC)C(O)(CCCCC)CCCCC. The number of carbonyl (C=O) groups is 2. The van der Waals surface area contributed by atoms with Crippen LogP contribution in [0.1, 0.15) is 259 Å². The van der Waals surface area contributed by atoms with Gasteiger partial charge in [-0.15, -0.1) is 0 Å². The molecule has 0 aromatic rings. The molecule has 0 spiro atoms. The number of aliphatic hydroxyl groups excluding tert-OH is 1. The first-order chi connectivity index (χ1) is 26.2. The molecule has 0 rings (SSSR count). The molecular formula is C49H92O5. The molecule has 0 saturated carbocycles. The van der Waals surface area contributed by atoms with Crippen LogP contribution >= 0.6 is 0 Å². The third kappa shape index (κ3) is 25.8. The highest BCUT2D eigenvalue weighted by molar-refractivity contribution is 5.97. The van der Waals surface area contributed by atoms with E-state index in [0.29, 0.717) is 25.7 Å². The molecule has 0 radical (unpaired) electrons. The van der Waals surface area contributed by atoms with Gasteiger partial charge in [-0.25, -0.2) is 0 Å². The van der Waals surface area contributed by atoms with E-state index in [9.17, 15) is 24.9 Å². The number of Topliss-reactive ketones (excluding diaryl/α,β-unsaturated/α-hetero) is 2. The molecule has 2 atom stereocenters. The lowest BCUT2D eigenvalue weighted by molar-refractivity contribution is -0.209. The van der Waals surface area contributed by atoms with Gasteiger partial charge in [-0.3, -0.25) is 9.59 Å². The Morgan fingerprint density at radius 3 is 1.09 bits per heavy atom. The summed E-state index contributed by atoms with van der Waals surface area (Å²) in [5, 5.41) is 35.8. The van der Waals surface area contributed by atoms with Gasteiger partial charge in [0.05, 0.1) is 0 Å². The lowest BCUT2D eigenvalue weighted by Gasteiger charge is -2.45. The van der Waals surface area contributed by atoms with Crippen molar-refractivity contribution in [3.05, 3.63) is 24.3 Å². The first kappa shape index (κ1) is 52.7. The molecule has 0 saturated heterocycles. The first-order valence-electron chi connectivity index (χ1n) is 23.7. The molecule has 5 heteroatoms. The molecule has 0 aromatic heterocycles. The van der Waals surface area contributed by atoms with Crippen molar-refractivity contribution in [2.45, 2.75) is 276 Å². The van der Waals surface area contributed by atoms with Crippen molar-refractivity contribution >= 4 is 11.6 Å². The number of ketones is 2. The summed E-state index contributed by atoms with van der Waals surface area (Å²) in [6, 6.07) is 0. The highest BCUT2D eigenvalue weighted by Crippen LogP contribution is 2.39. The van der Waals surface area contributed by atoms with Crippen LogP contribution in [0.5, 0.6) is 0 Å². The van der Waals surface area contributed by atoms with Gasteiger partial charge in [-0.05, 0) is 77.0 Å². The molecule has 0 bridgehead atoms. The van der Waals surface area contributed by atoms with Gasteiger partial charge < -0.3 is 15.3 Å². The highest BCUT2D eigenvalue weighted by Gasteiger charge is 2.59. The highest BCUT2D eigenvalue weighted by atomic mass is 16.4. The van der Waals surface area contributed by atoms with Gasteiger partial charge >= 0.3 is 0 Å². The second-order valence-electron chi connectivity index (χ2n) is 16.7. The molecule has 0 aliphatic heterocycles. The number of unbranched alkanes of at least 4 members (excludes halogenated alkanes) is 26. The fourth-order valence-electron chi connectivity index (χ4n) is 7.79. The van der Waals surface area contributed by atoms with Crippen molar-refractivity contribution < 1.29 is 24.9 Å². The Bertz CT molecular complexity index is 900. The topological polar surface area (TPSA) is 94.8 Å². The maximum atomic E-state index is 13.9. The number of aliphatic hydroxyl groups is 3. The molecule has 5 nitrogen and oxygen atoms in total. The Balaban J connectivity index is 4.95. The molecule has 0 amide bonds. The van der Waals surface area contributed by atoms with Gasteiger partial charge in [-0.1, -0.05) is 193 Å². The van der Waals surface area contributed by atoms with E-state index < -0.39 is 28.9 Å². The van der Waals surface area contributed by atoms with E-state index in [-0.39, 0.29) is 25.7 Å². The van der Waals surface area contributed by atoms with Crippen LogP contribution in [-0.2, 0) is 9.59 Å². The lowest BCUT2D eigenvalue weighted by atomic mass is 9.68. The minimum atomic E-state index is -2.48. The molecule has 0 aliphatic carbocycles. The van der Waals surface area contributed by atoms with E-state index in [4.69, 9.17) is 0 Å². The van der Waals surface area contributed by atoms with Crippen LogP contribution < -0.4 is 0 Å². The summed E-state index contributed by atoms with van der Waals surface area (Å²) in [7, 11) is 0. The maximum Gasteiger partial charge on any atom is 0.184 e. The van der Waals surface area contributed by atoms with E-state index in [2.05, 4.69) is 52.0 Å². The zero-order chi connectivity index (χ0) is 40.0. The zero-order valence-electron chi connectivity index (χ0n) is 36.5. The average Bonchev–Trinajstić information content (AvgIpc) is 3.17. The fourth-order valence-corrected chi connectivity index (χ4v) is 7.79. The predicted octanol–water partition coefficient (Wildman–Crippen LogP) is 14.2. The third-order valence-electron chi connectivity index (χ3n) is 11.6. The van der Waals surface area contributed by atoms with Crippen LogP contribution in [0.4, 0.5) is 0 Å². The standard InChI is InChI=1S/C49H92O5/c1-5-9-13-15-17-19-21-23-25-27-29-31-33-35-37-41-45(50)47(52)49(54,48(53,43-39-11-7-3)44-40-12-8-4)46(51)42-38-36-34-32-30-28-26-24-22-20-18-16-14-10-6-2/h23-26,47,52-54H,5-22,27-44H2,1-4H3/b25-23-,26-24-. The molecule has 54 heavy (non-hydrogen) atoms. The minimum absolute atomic E-state index is 0.0657. The fraction of sp³-hybridized carbons (Fsp3) is 0.878. The molecule has 0 aromatic carbocycles. The van der Waals surface area contributed by atoms with E-state index in [1.807, 2.05) is 0 Å². The monoisotopic (exact) mass is 761 g/mol. The molecule has 0 fully saturated rings.